The van der Waals surface area contributed by atoms with Crippen molar-refractivity contribution < 1.29 is 9.84 Å². The molecule has 1 aliphatic heterocycles. The molecule has 1 atom stereocenters. The van der Waals surface area contributed by atoms with Gasteiger partial charge >= 0.3 is 5.69 Å². The highest BCUT2D eigenvalue weighted by Gasteiger charge is 2.36. The summed E-state index contributed by atoms with van der Waals surface area (Å²) in [5.74, 6) is -1.26. The Labute approximate surface area is 136 Å². The number of ether oxygens (including phenoxy) is 1. The molecule has 0 amide bonds. The van der Waals surface area contributed by atoms with Crippen LogP contribution in [-0.2, 0) is 14.1 Å². The molecule has 0 saturated heterocycles. The summed E-state index contributed by atoms with van der Waals surface area (Å²) in [4.78, 5) is 24.8. The number of hydrogen-bond donors (Lipinski definition) is 2. The van der Waals surface area contributed by atoms with Gasteiger partial charge in [0.2, 0.25) is 11.8 Å². The number of aromatic hydroxyl groups is 1. The summed E-state index contributed by atoms with van der Waals surface area (Å²) < 4.78 is 7.44. The number of nitrogens with two attached hydrogens (primary N) is 1. The van der Waals surface area contributed by atoms with Crippen LogP contribution in [0, 0.1) is 11.3 Å². The Morgan fingerprint density at radius 3 is 2.54 bits per heavy atom. The molecule has 0 bridgehead atoms. The zero-order valence-electron chi connectivity index (χ0n) is 13.0. The Hall–Kier alpha value is -3.47. The third-order valence-electron chi connectivity index (χ3n) is 4.06. The minimum absolute atomic E-state index is 0.000232. The lowest BCUT2D eigenvalue weighted by atomic mass is 9.84. The predicted octanol–water partition coefficient (Wildman–Crippen LogP) is 0.00778. The monoisotopic (exact) mass is 326 g/mol. The van der Waals surface area contributed by atoms with Crippen LogP contribution < -0.4 is 21.7 Å². The van der Waals surface area contributed by atoms with Crippen molar-refractivity contribution >= 4 is 0 Å². The average Bonchev–Trinajstić information content (AvgIpc) is 2.57. The number of hydrogen-bond acceptors (Lipinski definition) is 6. The first kappa shape index (κ1) is 15.4. The zero-order valence-corrected chi connectivity index (χ0v) is 13.0. The lowest BCUT2D eigenvalue weighted by Gasteiger charge is -2.27. The van der Waals surface area contributed by atoms with Crippen LogP contribution in [0.5, 0.6) is 11.6 Å². The minimum Gasteiger partial charge on any atom is -0.508 e. The lowest BCUT2D eigenvalue weighted by Crippen LogP contribution is -2.42. The molecular formula is C16H14N4O4. The van der Waals surface area contributed by atoms with E-state index in [2.05, 4.69) is 0 Å². The molecule has 0 fully saturated rings. The van der Waals surface area contributed by atoms with Crippen molar-refractivity contribution in [2.45, 2.75) is 5.92 Å². The molecule has 2 heterocycles. The molecule has 3 rings (SSSR count). The van der Waals surface area contributed by atoms with Crippen molar-refractivity contribution in [1.82, 2.24) is 9.13 Å². The maximum absolute atomic E-state index is 12.7. The van der Waals surface area contributed by atoms with Gasteiger partial charge in [-0.25, -0.2) is 4.79 Å². The second kappa shape index (κ2) is 5.31. The molecule has 1 aliphatic rings. The molecule has 8 nitrogen and oxygen atoms in total. The molecular weight excluding hydrogens is 312 g/mol. The van der Waals surface area contributed by atoms with Crippen molar-refractivity contribution in [3.05, 3.63) is 67.7 Å². The summed E-state index contributed by atoms with van der Waals surface area (Å²) in [6.07, 6.45) is 0. The summed E-state index contributed by atoms with van der Waals surface area (Å²) in [7, 11) is 2.77. The topological polar surface area (TPSA) is 123 Å². The number of rotatable bonds is 1. The van der Waals surface area contributed by atoms with E-state index in [1.54, 1.807) is 18.2 Å². The van der Waals surface area contributed by atoms with Crippen LogP contribution in [0.1, 0.15) is 17.0 Å². The van der Waals surface area contributed by atoms with Gasteiger partial charge < -0.3 is 15.6 Å². The number of allylic oxidation sites excluding steroid dienone is 1. The van der Waals surface area contributed by atoms with E-state index in [9.17, 15) is 20.0 Å². The average molecular weight is 326 g/mol. The number of fused-ring (bicyclic) bond motifs is 1. The van der Waals surface area contributed by atoms with Gasteiger partial charge in [-0.1, -0.05) is 18.2 Å². The maximum Gasteiger partial charge on any atom is 0.333 e. The normalized spacial score (nSPS) is 16.3. The smallest absolute Gasteiger partial charge is 0.333 e. The molecule has 0 saturated carbocycles. The first-order valence-corrected chi connectivity index (χ1v) is 7.03. The van der Waals surface area contributed by atoms with E-state index in [0.29, 0.717) is 5.56 Å². The molecule has 1 aromatic heterocycles. The third kappa shape index (κ3) is 1.99. The SMILES string of the molecule is Cn1c2c(c(=O)n(C)c1=O)C(c1ccccc1O)C(C#N)=C(N)O2. The molecule has 1 unspecified atom stereocenters. The molecule has 24 heavy (non-hydrogen) atoms. The van der Waals surface area contributed by atoms with Crippen molar-refractivity contribution in [3.63, 3.8) is 0 Å². The van der Waals surface area contributed by atoms with Crippen LogP contribution in [0.15, 0.2) is 45.3 Å². The third-order valence-corrected chi connectivity index (χ3v) is 4.06. The van der Waals surface area contributed by atoms with Crippen LogP contribution in [0.25, 0.3) is 0 Å². The largest absolute Gasteiger partial charge is 0.508 e. The van der Waals surface area contributed by atoms with Gasteiger partial charge in [0, 0.05) is 19.7 Å². The summed E-state index contributed by atoms with van der Waals surface area (Å²) in [6, 6.07) is 8.26. The number of aromatic nitrogens is 2. The lowest BCUT2D eigenvalue weighted by molar-refractivity contribution is 0.347. The fourth-order valence-corrected chi connectivity index (χ4v) is 2.83. The number of nitriles is 1. The number of phenols is 1. The fourth-order valence-electron chi connectivity index (χ4n) is 2.83. The van der Waals surface area contributed by atoms with E-state index in [1.165, 1.54) is 20.2 Å². The van der Waals surface area contributed by atoms with Gasteiger partial charge in [0.25, 0.3) is 5.56 Å². The molecule has 3 N–H and O–H groups in total. The number of benzene rings is 1. The highest BCUT2D eigenvalue weighted by atomic mass is 16.5. The van der Waals surface area contributed by atoms with Gasteiger partial charge in [0.05, 0.1) is 11.5 Å². The van der Waals surface area contributed by atoms with E-state index < -0.39 is 17.2 Å². The Bertz CT molecular complexity index is 1040. The van der Waals surface area contributed by atoms with Gasteiger partial charge in [-0.2, -0.15) is 5.26 Å². The zero-order chi connectivity index (χ0) is 17.6. The first-order valence-electron chi connectivity index (χ1n) is 7.03. The summed E-state index contributed by atoms with van der Waals surface area (Å²) in [6.45, 7) is 0. The van der Waals surface area contributed by atoms with Gasteiger partial charge in [0.15, 0.2) is 0 Å². The van der Waals surface area contributed by atoms with Crippen LogP contribution in [0.4, 0.5) is 0 Å². The maximum atomic E-state index is 12.7. The van der Waals surface area contributed by atoms with Crippen LogP contribution in [0.3, 0.4) is 0 Å². The Morgan fingerprint density at radius 1 is 1.25 bits per heavy atom. The highest BCUT2D eigenvalue weighted by molar-refractivity contribution is 5.56. The van der Waals surface area contributed by atoms with E-state index in [-0.39, 0.29) is 28.6 Å². The summed E-state index contributed by atoms with van der Waals surface area (Å²) >= 11 is 0. The second-order valence-corrected chi connectivity index (χ2v) is 5.41. The van der Waals surface area contributed by atoms with Crippen LogP contribution in [0.2, 0.25) is 0 Å². The van der Waals surface area contributed by atoms with Crippen LogP contribution >= 0.6 is 0 Å². The number of nitrogens with zero attached hydrogens (tertiary/aromatic N) is 3. The summed E-state index contributed by atoms with van der Waals surface area (Å²) in [5.41, 5.74) is 5.03. The van der Waals surface area contributed by atoms with E-state index in [1.807, 2.05) is 6.07 Å². The number of para-hydroxylation sites is 1. The van der Waals surface area contributed by atoms with E-state index in [4.69, 9.17) is 10.5 Å². The van der Waals surface area contributed by atoms with Gasteiger partial charge in [-0.3, -0.25) is 13.9 Å². The first-order chi connectivity index (χ1) is 11.4. The molecule has 2 aromatic rings. The van der Waals surface area contributed by atoms with E-state index in [0.717, 1.165) is 9.13 Å². The highest BCUT2D eigenvalue weighted by Crippen LogP contribution is 2.42. The van der Waals surface area contributed by atoms with Crippen molar-refractivity contribution in [2.24, 2.45) is 19.8 Å². The van der Waals surface area contributed by atoms with Gasteiger partial charge in [-0.05, 0) is 6.07 Å². The number of phenolic OH excluding ortho intramolecular Hbond substituents is 1. The molecule has 0 spiro atoms. The Morgan fingerprint density at radius 2 is 1.92 bits per heavy atom. The van der Waals surface area contributed by atoms with Crippen LogP contribution in [-0.4, -0.2) is 14.2 Å². The van der Waals surface area contributed by atoms with E-state index >= 15 is 0 Å². The van der Waals surface area contributed by atoms with Crippen molar-refractivity contribution in [1.29, 1.82) is 5.26 Å². The second-order valence-electron chi connectivity index (χ2n) is 5.41. The Kier molecular flexibility index (Phi) is 3.41. The van der Waals surface area contributed by atoms with Gasteiger partial charge in [-0.15, -0.1) is 0 Å². The van der Waals surface area contributed by atoms with Crippen molar-refractivity contribution in [2.75, 3.05) is 0 Å². The minimum atomic E-state index is -0.926. The molecule has 122 valence electrons. The Balaban J connectivity index is 2.47. The van der Waals surface area contributed by atoms with Gasteiger partial charge in [0.1, 0.15) is 17.4 Å². The quantitative estimate of drug-likeness (QED) is 0.761. The predicted molar refractivity (Wildman–Crippen MR) is 84.3 cm³/mol. The molecule has 0 radical (unpaired) electrons. The van der Waals surface area contributed by atoms with Crippen molar-refractivity contribution in [3.8, 4) is 17.7 Å². The molecule has 1 aromatic carbocycles. The standard InChI is InChI=1S/C16H14N4O4/c1-19-14(22)12-11(8-5-3-4-6-10(8)21)9(7-17)13(18)24-15(12)20(2)16(19)23/h3-6,11,21H,18H2,1-2H3. The molecule has 8 heteroatoms. The fraction of sp³-hybridized carbons (Fsp3) is 0.188. The summed E-state index contributed by atoms with van der Waals surface area (Å²) in [5, 5.41) is 19.6. The molecule has 0 aliphatic carbocycles.